The molecule has 1 atom stereocenters. The van der Waals surface area contributed by atoms with Crippen LogP contribution in [0, 0.1) is 0 Å². The molecule has 116 valence electrons. The Labute approximate surface area is 129 Å². The van der Waals surface area contributed by atoms with Crippen LogP contribution in [0.2, 0.25) is 0 Å². The van der Waals surface area contributed by atoms with Crippen molar-refractivity contribution in [3.8, 4) is 28.4 Å². The van der Waals surface area contributed by atoms with Crippen LogP contribution in [0.3, 0.4) is 0 Å². The smallest absolute Gasteiger partial charge is 0.126 e. The fourth-order valence-corrected chi connectivity index (χ4v) is 2.21. The second-order valence-electron chi connectivity index (χ2n) is 5.29. The quantitative estimate of drug-likeness (QED) is 0.741. The average Bonchev–Trinajstić information content (AvgIpc) is 2.49. The SMILES string of the molecule is C=C(C)C(O)Cc1c(O)cc(-c2ccc(O)cc2)cc1OC. The molecule has 0 bridgehead atoms. The van der Waals surface area contributed by atoms with Crippen molar-refractivity contribution < 1.29 is 20.1 Å². The molecule has 0 saturated carbocycles. The second-order valence-corrected chi connectivity index (χ2v) is 5.29. The number of aliphatic hydroxyl groups is 1. The lowest BCUT2D eigenvalue weighted by atomic mass is 9.97. The molecule has 0 aliphatic rings. The second kappa shape index (κ2) is 6.54. The van der Waals surface area contributed by atoms with E-state index < -0.39 is 6.10 Å². The van der Waals surface area contributed by atoms with Crippen LogP contribution in [0.4, 0.5) is 0 Å². The number of phenols is 2. The lowest BCUT2D eigenvalue weighted by Gasteiger charge is -2.16. The van der Waals surface area contributed by atoms with Gasteiger partial charge >= 0.3 is 0 Å². The van der Waals surface area contributed by atoms with Gasteiger partial charge in [0.15, 0.2) is 0 Å². The van der Waals surface area contributed by atoms with Crippen LogP contribution in [-0.2, 0) is 6.42 Å². The molecule has 0 aliphatic carbocycles. The number of phenolic OH excluding ortho intramolecular Hbond substituents is 2. The zero-order chi connectivity index (χ0) is 16.3. The van der Waals surface area contributed by atoms with Gasteiger partial charge in [-0.25, -0.2) is 0 Å². The molecule has 22 heavy (non-hydrogen) atoms. The van der Waals surface area contributed by atoms with Gasteiger partial charge in [-0.1, -0.05) is 24.3 Å². The molecule has 0 fully saturated rings. The maximum Gasteiger partial charge on any atom is 0.126 e. The number of hydrogen-bond acceptors (Lipinski definition) is 4. The summed E-state index contributed by atoms with van der Waals surface area (Å²) in [6, 6.07) is 10.1. The number of rotatable bonds is 5. The molecular formula is C18H20O4. The summed E-state index contributed by atoms with van der Waals surface area (Å²) in [4.78, 5) is 0. The third kappa shape index (κ3) is 3.40. The first-order valence-corrected chi connectivity index (χ1v) is 6.95. The van der Waals surface area contributed by atoms with E-state index in [1.54, 1.807) is 43.3 Å². The third-order valence-electron chi connectivity index (χ3n) is 3.57. The predicted molar refractivity (Wildman–Crippen MR) is 86.3 cm³/mol. The molecule has 2 aromatic rings. The highest BCUT2D eigenvalue weighted by molar-refractivity contribution is 5.69. The van der Waals surface area contributed by atoms with Gasteiger partial charge in [0.25, 0.3) is 0 Å². The first kappa shape index (κ1) is 15.9. The van der Waals surface area contributed by atoms with E-state index in [0.29, 0.717) is 16.9 Å². The zero-order valence-electron chi connectivity index (χ0n) is 12.7. The van der Waals surface area contributed by atoms with Crippen LogP contribution >= 0.6 is 0 Å². The number of aliphatic hydroxyl groups excluding tert-OH is 1. The van der Waals surface area contributed by atoms with Crippen LogP contribution in [0.15, 0.2) is 48.6 Å². The van der Waals surface area contributed by atoms with Crippen molar-refractivity contribution in [1.29, 1.82) is 0 Å². The minimum absolute atomic E-state index is 0.0581. The summed E-state index contributed by atoms with van der Waals surface area (Å²) in [5, 5.41) is 29.6. The van der Waals surface area contributed by atoms with Gasteiger partial charge in [-0.2, -0.15) is 0 Å². The van der Waals surface area contributed by atoms with Gasteiger partial charge in [-0.3, -0.25) is 0 Å². The molecule has 0 saturated heterocycles. The van der Waals surface area contributed by atoms with E-state index in [-0.39, 0.29) is 17.9 Å². The van der Waals surface area contributed by atoms with E-state index in [2.05, 4.69) is 6.58 Å². The average molecular weight is 300 g/mol. The largest absolute Gasteiger partial charge is 0.508 e. The Morgan fingerprint density at radius 3 is 2.32 bits per heavy atom. The van der Waals surface area contributed by atoms with Crippen molar-refractivity contribution >= 4 is 0 Å². The van der Waals surface area contributed by atoms with Gasteiger partial charge in [0.1, 0.15) is 17.2 Å². The number of aromatic hydroxyl groups is 2. The van der Waals surface area contributed by atoms with Crippen molar-refractivity contribution in [3.05, 3.63) is 54.1 Å². The van der Waals surface area contributed by atoms with E-state index in [4.69, 9.17) is 4.74 Å². The molecule has 0 spiro atoms. The van der Waals surface area contributed by atoms with Gasteiger partial charge < -0.3 is 20.1 Å². The fourth-order valence-electron chi connectivity index (χ4n) is 2.21. The Kier molecular flexibility index (Phi) is 4.73. The topological polar surface area (TPSA) is 69.9 Å². The Morgan fingerprint density at radius 2 is 1.77 bits per heavy atom. The van der Waals surface area contributed by atoms with E-state index in [1.165, 1.54) is 7.11 Å². The Hall–Kier alpha value is -2.46. The summed E-state index contributed by atoms with van der Waals surface area (Å²) in [5.74, 6) is 0.743. The van der Waals surface area contributed by atoms with Crippen LogP contribution in [0.1, 0.15) is 12.5 Å². The first-order chi connectivity index (χ1) is 10.4. The molecule has 3 N–H and O–H groups in total. The van der Waals surface area contributed by atoms with Gasteiger partial charge in [-0.15, -0.1) is 0 Å². The lowest BCUT2D eigenvalue weighted by Crippen LogP contribution is -2.12. The van der Waals surface area contributed by atoms with E-state index in [9.17, 15) is 15.3 Å². The Balaban J connectivity index is 2.43. The van der Waals surface area contributed by atoms with Crippen LogP contribution < -0.4 is 4.74 Å². The first-order valence-electron chi connectivity index (χ1n) is 6.95. The van der Waals surface area contributed by atoms with Gasteiger partial charge in [0, 0.05) is 12.0 Å². The monoisotopic (exact) mass is 300 g/mol. The minimum atomic E-state index is -0.737. The summed E-state index contributed by atoms with van der Waals surface area (Å²) < 4.78 is 5.34. The number of benzene rings is 2. The lowest BCUT2D eigenvalue weighted by molar-refractivity contribution is 0.209. The molecule has 2 rings (SSSR count). The van der Waals surface area contributed by atoms with E-state index in [1.807, 2.05) is 0 Å². The minimum Gasteiger partial charge on any atom is -0.508 e. The summed E-state index contributed by atoms with van der Waals surface area (Å²) >= 11 is 0. The number of hydrogen-bond donors (Lipinski definition) is 3. The predicted octanol–water partition coefficient (Wildman–Crippen LogP) is 3.25. The van der Waals surface area contributed by atoms with Gasteiger partial charge in [-0.05, 0) is 42.3 Å². The molecule has 4 heteroatoms. The van der Waals surface area contributed by atoms with Crippen LogP contribution in [0.5, 0.6) is 17.2 Å². The molecule has 4 nitrogen and oxygen atoms in total. The van der Waals surface area contributed by atoms with E-state index >= 15 is 0 Å². The number of methoxy groups -OCH3 is 1. The summed E-state index contributed by atoms with van der Waals surface area (Å²) in [5.41, 5.74) is 2.78. The molecular weight excluding hydrogens is 280 g/mol. The molecule has 2 aromatic carbocycles. The highest BCUT2D eigenvalue weighted by Gasteiger charge is 2.16. The maximum atomic E-state index is 10.3. The highest BCUT2D eigenvalue weighted by Crippen LogP contribution is 2.36. The normalized spacial score (nSPS) is 12.0. The van der Waals surface area contributed by atoms with E-state index in [0.717, 1.165) is 11.1 Å². The summed E-state index contributed by atoms with van der Waals surface area (Å²) in [6.07, 6.45) is -0.500. The van der Waals surface area contributed by atoms with Gasteiger partial charge in [0.2, 0.25) is 0 Å². The third-order valence-corrected chi connectivity index (χ3v) is 3.57. The highest BCUT2D eigenvalue weighted by atomic mass is 16.5. The van der Waals surface area contributed by atoms with Crippen molar-refractivity contribution in [3.63, 3.8) is 0 Å². The summed E-state index contributed by atoms with van der Waals surface area (Å²) in [7, 11) is 1.52. The molecule has 0 heterocycles. The van der Waals surface area contributed by atoms with Crippen molar-refractivity contribution in [2.24, 2.45) is 0 Å². The van der Waals surface area contributed by atoms with Crippen molar-refractivity contribution in [2.75, 3.05) is 7.11 Å². The fraction of sp³-hybridized carbons (Fsp3) is 0.222. The molecule has 0 aliphatic heterocycles. The molecule has 0 amide bonds. The Morgan fingerprint density at radius 1 is 1.14 bits per heavy atom. The van der Waals surface area contributed by atoms with Gasteiger partial charge in [0.05, 0.1) is 13.2 Å². The molecule has 0 radical (unpaired) electrons. The zero-order valence-corrected chi connectivity index (χ0v) is 12.7. The standard InChI is InChI=1S/C18H20O4/c1-11(2)16(20)10-15-17(21)8-13(9-18(15)22-3)12-4-6-14(19)7-5-12/h4-9,16,19-21H,1,10H2,2-3H3. The van der Waals surface area contributed by atoms with Crippen molar-refractivity contribution in [2.45, 2.75) is 19.4 Å². The summed E-state index contributed by atoms with van der Waals surface area (Å²) in [6.45, 7) is 5.45. The molecule has 1 unspecified atom stereocenters. The Bertz CT molecular complexity index is 674. The van der Waals surface area contributed by atoms with Crippen LogP contribution in [0.25, 0.3) is 11.1 Å². The van der Waals surface area contributed by atoms with Crippen molar-refractivity contribution in [1.82, 2.24) is 0 Å². The van der Waals surface area contributed by atoms with Crippen LogP contribution in [-0.4, -0.2) is 28.5 Å². The maximum absolute atomic E-state index is 10.3. The molecule has 0 aromatic heterocycles. The number of ether oxygens (including phenoxy) is 1.